The number of amides is 1. The molecule has 1 fully saturated rings. The maximum Gasteiger partial charge on any atom is 0.240 e. The van der Waals surface area contributed by atoms with Gasteiger partial charge in [-0.2, -0.15) is 4.98 Å². The molecule has 8 heteroatoms. The van der Waals surface area contributed by atoms with E-state index in [0.717, 1.165) is 30.9 Å². The largest absolute Gasteiger partial charge is 0.496 e. The normalized spacial score (nSPS) is 18.1. The predicted molar refractivity (Wildman–Crippen MR) is 91.1 cm³/mol. The number of carbonyl (C=O) groups is 1. The van der Waals surface area contributed by atoms with Crippen molar-refractivity contribution in [2.75, 3.05) is 33.8 Å². The van der Waals surface area contributed by atoms with Gasteiger partial charge in [0.2, 0.25) is 11.8 Å². The number of rotatable bonds is 6. The number of hydrogen-bond acceptors (Lipinski definition) is 7. The Bertz CT molecular complexity index is 718. The molecule has 1 amide bonds. The summed E-state index contributed by atoms with van der Waals surface area (Å²) in [5.74, 6) is 1.65. The Morgan fingerprint density at radius 2 is 2.32 bits per heavy atom. The van der Waals surface area contributed by atoms with E-state index in [0.29, 0.717) is 18.3 Å². The van der Waals surface area contributed by atoms with Gasteiger partial charge in [-0.05, 0) is 6.07 Å². The van der Waals surface area contributed by atoms with Crippen LogP contribution < -0.4 is 15.4 Å². The fourth-order valence-electron chi connectivity index (χ4n) is 3.02. The van der Waals surface area contributed by atoms with Crippen LogP contribution in [0.15, 0.2) is 28.8 Å². The number of aromatic nitrogens is 2. The van der Waals surface area contributed by atoms with Gasteiger partial charge in [-0.15, -0.1) is 0 Å². The van der Waals surface area contributed by atoms with Gasteiger partial charge in [-0.1, -0.05) is 23.4 Å². The van der Waals surface area contributed by atoms with E-state index in [1.807, 2.05) is 18.2 Å². The first-order chi connectivity index (χ1) is 12.2. The number of likely N-dealkylation sites (N-methyl/N-ethyl adjacent to an activating group) is 1. The van der Waals surface area contributed by atoms with E-state index in [1.165, 1.54) is 0 Å². The van der Waals surface area contributed by atoms with Crippen LogP contribution in [0.1, 0.15) is 23.3 Å². The minimum Gasteiger partial charge on any atom is -0.496 e. The van der Waals surface area contributed by atoms with Crippen LogP contribution in [0.3, 0.4) is 0 Å². The standard InChI is InChI=1S/C17H23N5O3/c1-18-16(23)9-15-20-17(25-21-15)11-22-8-7-19-10-13(22)12-5-3-4-6-14(12)24-2/h3-6,13,19H,7-11H2,1-2H3,(H,18,23). The Kier molecular flexibility index (Phi) is 5.62. The average Bonchev–Trinajstić information content (AvgIpc) is 3.09. The molecule has 1 aromatic carbocycles. The van der Waals surface area contributed by atoms with Gasteiger partial charge in [0.15, 0.2) is 5.82 Å². The zero-order valence-electron chi connectivity index (χ0n) is 14.5. The summed E-state index contributed by atoms with van der Waals surface area (Å²) in [6.45, 7) is 3.10. The maximum absolute atomic E-state index is 11.4. The Morgan fingerprint density at radius 3 is 3.12 bits per heavy atom. The van der Waals surface area contributed by atoms with Gasteiger partial charge in [0.05, 0.1) is 26.1 Å². The molecular weight excluding hydrogens is 322 g/mol. The monoisotopic (exact) mass is 345 g/mol. The van der Waals surface area contributed by atoms with Crippen LogP contribution >= 0.6 is 0 Å². The van der Waals surface area contributed by atoms with Crippen LogP contribution in [0.5, 0.6) is 5.75 Å². The zero-order chi connectivity index (χ0) is 17.6. The molecule has 1 atom stereocenters. The van der Waals surface area contributed by atoms with Crippen LogP contribution in [0.2, 0.25) is 0 Å². The first kappa shape index (κ1) is 17.4. The van der Waals surface area contributed by atoms with Crippen LogP contribution in [0.4, 0.5) is 0 Å². The van der Waals surface area contributed by atoms with E-state index in [9.17, 15) is 4.79 Å². The van der Waals surface area contributed by atoms with E-state index in [-0.39, 0.29) is 18.4 Å². The predicted octanol–water partition coefficient (Wildman–Crippen LogP) is 0.513. The zero-order valence-corrected chi connectivity index (χ0v) is 14.5. The molecule has 0 saturated carbocycles. The summed E-state index contributed by atoms with van der Waals surface area (Å²) >= 11 is 0. The lowest BCUT2D eigenvalue weighted by molar-refractivity contribution is -0.120. The van der Waals surface area contributed by atoms with E-state index in [1.54, 1.807) is 14.2 Å². The number of carbonyl (C=O) groups excluding carboxylic acids is 1. The molecule has 1 saturated heterocycles. The van der Waals surface area contributed by atoms with Crippen molar-refractivity contribution in [3.05, 3.63) is 41.5 Å². The summed E-state index contributed by atoms with van der Waals surface area (Å²) in [7, 11) is 3.27. The number of piperazine rings is 1. The number of hydrogen-bond donors (Lipinski definition) is 2. The minimum atomic E-state index is -0.138. The third-order valence-electron chi connectivity index (χ3n) is 4.30. The summed E-state index contributed by atoms with van der Waals surface area (Å²) in [5, 5.41) is 9.86. The number of nitrogens with zero attached hydrogens (tertiary/aromatic N) is 3. The van der Waals surface area contributed by atoms with Crippen molar-refractivity contribution >= 4 is 5.91 Å². The summed E-state index contributed by atoms with van der Waals surface area (Å²) in [6, 6.07) is 8.18. The van der Waals surface area contributed by atoms with Crippen molar-refractivity contribution in [2.45, 2.75) is 19.0 Å². The van der Waals surface area contributed by atoms with Gasteiger partial charge in [-0.25, -0.2) is 0 Å². The first-order valence-electron chi connectivity index (χ1n) is 8.31. The molecule has 134 valence electrons. The maximum atomic E-state index is 11.4. The van der Waals surface area contributed by atoms with Gasteiger partial charge in [0.1, 0.15) is 5.75 Å². The lowest BCUT2D eigenvalue weighted by Gasteiger charge is -2.36. The molecule has 2 heterocycles. The SMILES string of the molecule is CNC(=O)Cc1noc(CN2CCNCC2c2ccccc2OC)n1. The molecule has 2 aromatic rings. The molecule has 1 aromatic heterocycles. The molecule has 0 aliphatic carbocycles. The molecule has 25 heavy (non-hydrogen) atoms. The van der Waals surface area contributed by atoms with Crippen LogP contribution in [-0.2, 0) is 17.8 Å². The topological polar surface area (TPSA) is 92.5 Å². The molecular formula is C17H23N5O3. The Hall–Kier alpha value is -2.45. The van der Waals surface area contributed by atoms with E-state index >= 15 is 0 Å². The van der Waals surface area contributed by atoms with Crippen molar-refractivity contribution in [3.8, 4) is 5.75 Å². The average molecular weight is 345 g/mol. The Labute approximate surface area is 146 Å². The fraction of sp³-hybridized carbons (Fsp3) is 0.471. The quantitative estimate of drug-likeness (QED) is 0.788. The molecule has 0 spiro atoms. The number of ether oxygens (including phenoxy) is 1. The summed E-state index contributed by atoms with van der Waals surface area (Å²) < 4.78 is 10.8. The molecule has 8 nitrogen and oxygen atoms in total. The second kappa shape index (κ2) is 8.09. The van der Waals surface area contributed by atoms with Gasteiger partial charge in [-0.3, -0.25) is 9.69 Å². The molecule has 0 radical (unpaired) electrons. The van der Waals surface area contributed by atoms with Gasteiger partial charge in [0.25, 0.3) is 0 Å². The smallest absolute Gasteiger partial charge is 0.240 e. The lowest BCUT2D eigenvalue weighted by Crippen LogP contribution is -2.45. The van der Waals surface area contributed by atoms with Crippen LogP contribution in [0.25, 0.3) is 0 Å². The summed E-state index contributed by atoms with van der Waals surface area (Å²) in [5.41, 5.74) is 1.13. The molecule has 0 bridgehead atoms. The van der Waals surface area contributed by atoms with Crippen molar-refractivity contribution in [2.24, 2.45) is 0 Å². The first-order valence-corrected chi connectivity index (χ1v) is 8.31. The highest BCUT2D eigenvalue weighted by Gasteiger charge is 2.27. The third kappa shape index (κ3) is 4.15. The second-order valence-corrected chi connectivity index (χ2v) is 5.89. The molecule has 3 rings (SSSR count). The highest BCUT2D eigenvalue weighted by Crippen LogP contribution is 2.30. The highest BCUT2D eigenvalue weighted by atomic mass is 16.5. The molecule has 1 unspecified atom stereocenters. The Morgan fingerprint density at radius 1 is 1.48 bits per heavy atom. The van der Waals surface area contributed by atoms with Gasteiger partial charge < -0.3 is 19.9 Å². The van der Waals surface area contributed by atoms with Crippen LogP contribution in [0, 0.1) is 0 Å². The Balaban J connectivity index is 1.74. The number of para-hydroxylation sites is 1. The summed E-state index contributed by atoms with van der Waals surface area (Å²) in [6.07, 6.45) is 0.123. The van der Waals surface area contributed by atoms with Crippen molar-refractivity contribution in [1.82, 2.24) is 25.7 Å². The second-order valence-electron chi connectivity index (χ2n) is 5.89. The third-order valence-corrected chi connectivity index (χ3v) is 4.30. The number of methoxy groups -OCH3 is 1. The molecule has 1 aliphatic heterocycles. The lowest BCUT2D eigenvalue weighted by atomic mass is 10.0. The molecule has 2 N–H and O–H groups in total. The van der Waals surface area contributed by atoms with E-state index in [2.05, 4.69) is 31.7 Å². The van der Waals surface area contributed by atoms with Gasteiger partial charge >= 0.3 is 0 Å². The van der Waals surface area contributed by atoms with Crippen molar-refractivity contribution in [1.29, 1.82) is 0 Å². The highest BCUT2D eigenvalue weighted by molar-refractivity contribution is 5.77. The van der Waals surface area contributed by atoms with Gasteiger partial charge in [0, 0.05) is 32.2 Å². The number of benzene rings is 1. The van der Waals surface area contributed by atoms with E-state index < -0.39 is 0 Å². The van der Waals surface area contributed by atoms with Crippen LogP contribution in [-0.4, -0.2) is 54.7 Å². The minimum absolute atomic E-state index is 0.123. The van der Waals surface area contributed by atoms with Crippen molar-refractivity contribution < 1.29 is 14.1 Å². The number of nitrogens with one attached hydrogen (secondary N) is 2. The fourth-order valence-corrected chi connectivity index (χ4v) is 3.02. The van der Waals surface area contributed by atoms with E-state index in [4.69, 9.17) is 9.26 Å². The van der Waals surface area contributed by atoms with Crippen molar-refractivity contribution in [3.63, 3.8) is 0 Å². The molecule has 1 aliphatic rings. The summed E-state index contributed by atoms with van der Waals surface area (Å²) in [4.78, 5) is 18.0.